The van der Waals surface area contributed by atoms with Crippen molar-refractivity contribution in [2.75, 3.05) is 4.90 Å². The van der Waals surface area contributed by atoms with Crippen LogP contribution in [-0.2, 0) is 0 Å². The van der Waals surface area contributed by atoms with Crippen LogP contribution in [0.5, 0.6) is 0 Å². The second-order valence-corrected chi connectivity index (χ2v) is 8.14. The number of anilines is 1. The minimum absolute atomic E-state index is 0.0358. The molecule has 0 spiro atoms. The van der Waals surface area contributed by atoms with Crippen molar-refractivity contribution < 1.29 is 13.6 Å². The number of amides is 1. The molecule has 0 saturated heterocycles. The molecule has 0 saturated carbocycles. The van der Waals surface area contributed by atoms with Gasteiger partial charge in [-0.3, -0.25) is 14.5 Å². The van der Waals surface area contributed by atoms with E-state index in [1.807, 2.05) is 44.2 Å². The van der Waals surface area contributed by atoms with Gasteiger partial charge in [0.25, 0.3) is 5.91 Å². The van der Waals surface area contributed by atoms with E-state index in [4.69, 9.17) is 16.0 Å². The van der Waals surface area contributed by atoms with Gasteiger partial charge in [-0.05, 0) is 55.3 Å². The van der Waals surface area contributed by atoms with E-state index in [-0.39, 0.29) is 22.3 Å². The number of aryl methyl sites for hydroxylation is 2. The molecule has 0 N–H and O–H groups in total. The van der Waals surface area contributed by atoms with E-state index in [1.165, 1.54) is 17.0 Å². The Morgan fingerprint density at radius 2 is 1.71 bits per heavy atom. The van der Waals surface area contributed by atoms with E-state index in [0.29, 0.717) is 10.7 Å². The van der Waals surface area contributed by atoms with E-state index in [9.17, 15) is 14.0 Å². The summed E-state index contributed by atoms with van der Waals surface area (Å²) in [6, 6.07) is 15.9. The first-order valence-electron chi connectivity index (χ1n) is 9.77. The predicted molar refractivity (Wildman–Crippen MR) is 118 cm³/mol. The zero-order valence-electron chi connectivity index (χ0n) is 16.8. The summed E-state index contributed by atoms with van der Waals surface area (Å²) in [5.74, 6) is -1.02. The van der Waals surface area contributed by atoms with Crippen LogP contribution >= 0.6 is 11.6 Å². The van der Waals surface area contributed by atoms with Gasteiger partial charge in [0.2, 0.25) is 5.76 Å². The Morgan fingerprint density at radius 1 is 0.968 bits per heavy atom. The highest BCUT2D eigenvalue weighted by molar-refractivity contribution is 6.31. The van der Waals surface area contributed by atoms with Gasteiger partial charge in [-0.15, -0.1) is 0 Å². The Kier molecular flexibility index (Phi) is 4.45. The van der Waals surface area contributed by atoms with Crippen molar-refractivity contribution >= 4 is 34.2 Å². The quantitative estimate of drug-likeness (QED) is 0.392. The monoisotopic (exact) mass is 433 g/mol. The molecule has 0 radical (unpaired) electrons. The number of halogens is 2. The lowest BCUT2D eigenvalue weighted by molar-refractivity contribution is 0.0971. The molecule has 2 heterocycles. The molecule has 1 amide bonds. The molecule has 3 aromatic carbocycles. The van der Waals surface area contributed by atoms with Crippen LogP contribution in [0.25, 0.3) is 11.0 Å². The van der Waals surface area contributed by atoms with Gasteiger partial charge in [0.05, 0.1) is 17.0 Å². The van der Waals surface area contributed by atoms with Crippen molar-refractivity contribution in [2.24, 2.45) is 0 Å². The zero-order chi connectivity index (χ0) is 21.9. The summed E-state index contributed by atoms with van der Waals surface area (Å²) in [5.41, 5.74) is 3.16. The summed E-state index contributed by atoms with van der Waals surface area (Å²) in [7, 11) is 0. The molecule has 1 atom stereocenters. The van der Waals surface area contributed by atoms with E-state index >= 15 is 0 Å². The fraction of sp³-hybridized carbons (Fsp3) is 0.120. The zero-order valence-corrected chi connectivity index (χ0v) is 17.5. The summed E-state index contributed by atoms with van der Waals surface area (Å²) < 4.78 is 19.7. The highest BCUT2D eigenvalue weighted by Crippen LogP contribution is 2.42. The highest BCUT2D eigenvalue weighted by atomic mass is 35.5. The van der Waals surface area contributed by atoms with Crippen molar-refractivity contribution in [1.82, 2.24) is 0 Å². The minimum Gasteiger partial charge on any atom is -0.450 e. The smallest absolute Gasteiger partial charge is 0.295 e. The maximum atomic E-state index is 13.9. The van der Waals surface area contributed by atoms with E-state index < -0.39 is 23.2 Å². The third-order valence-corrected chi connectivity index (χ3v) is 6.07. The lowest BCUT2D eigenvalue weighted by Gasteiger charge is -2.25. The molecule has 0 fully saturated rings. The number of carbonyl (C=O) groups is 1. The van der Waals surface area contributed by atoms with Gasteiger partial charge in [0.15, 0.2) is 5.43 Å². The van der Waals surface area contributed by atoms with Gasteiger partial charge >= 0.3 is 0 Å². The van der Waals surface area contributed by atoms with Crippen LogP contribution in [-0.4, -0.2) is 5.91 Å². The van der Waals surface area contributed by atoms with Crippen molar-refractivity contribution in [3.63, 3.8) is 0 Å². The van der Waals surface area contributed by atoms with Crippen LogP contribution in [0.1, 0.15) is 38.9 Å². The average molecular weight is 434 g/mol. The Bertz CT molecular complexity index is 1430. The maximum Gasteiger partial charge on any atom is 0.295 e. The summed E-state index contributed by atoms with van der Waals surface area (Å²) in [6.45, 7) is 3.83. The fourth-order valence-electron chi connectivity index (χ4n) is 4.01. The molecule has 31 heavy (non-hydrogen) atoms. The van der Waals surface area contributed by atoms with Gasteiger partial charge in [-0.25, -0.2) is 4.39 Å². The van der Waals surface area contributed by atoms with Crippen LogP contribution in [0.15, 0.2) is 69.9 Å². The van der Waals surface area contributed by atoms with Crippen LogP contribution < -0.4 is 10.3 Å². The number of benzene rings is 3. The molecule has 4 nitrogen and oxygen atoms in total. The van der Waals surface area contributed by atoms with Crippen molar-refractivity contribution in [3.8, 4) is 0 Å². The predicted octanol–water partition coefficient (Wildman–Crippen LogP) is 5.95. The molecule has 154 valence electrons. The normalized spacial score (nSPS) is 15.5. The molecule has 0 aliphatic carbocycles. The van der Waals surface area contributed by atoms with Gasteiger partial charge in [-0.1, -0.05) is 47.5 Å². The first-order valence-corrected chi connectivity index (χ1v) is 10.2. The molecule has 1 aliphatic heterocycles. The number of rotatable bonds is 2. The molecule has 1 unspecified atom stereocenters. The largest absolute Gasteiger partial charge is 0.450 e. The van der Waals surface area contributed by atoms with Crippen LogP contribution in [0, 0.1) is 19.7 Å². The third kappa shape index (κ3) is 3.04. The molecule has 5 rings (SSSR count). The number of carbonyl (C=O) groups excluding carboxylic acids is 1. The maximum absolute atomic E-state index is 13.9. The molecule has 1 aliphatic rings. The first-order chi connectivity index (χ1) is 14.8. The third-order valence-electron chi connectivity index (χ3n) is 5.66. The Balaban J connectivity index is 1.82. The molecule has 0 bridgehead atoms. The van der Waals surface area contributed by atoms with Crippen LogP contribution in [0.2, 0.25) is 5.02 Å². The second kappa shape index (κ2) is 7.06. The molecular formula is C25H17ClFNO3. The number of hydrogen-bond acceptors (Lipinski definition) is 3. The summed E-state index contributed by atoms with van der Waals surface area (Å²) in [5, 5.41) is 0.614. The number of nitrogens with zero attached hydrogens (tertiary/aromatic N) is 1. The van der Waals surface area contributed by atoms with Gasteiger partial charge in [0.1, 0.15) is 11.4 Å². The van der Waals surface area contributed by atoms with E-state index in [1.54, 1.807) is 12.1 Å². The summed E-state index contributed by atoms with van der Waals surface area (Å²) in [4.78, 5) is 28.4. The first kappa shape index (κ1) is 19.5. The Hall–Kier alpha value is -3.44. The van der Waals surface area contributed by atoms with Crippen molar-refractivity contribution in [1.29, 1.82) is 0 Å². The fourth-order valence-corrected chi connectivity index (χ4v) is 4.18. The lowest BCUT2D eigenvalue weighted by Crippen LogP contribution is -2.29. The Labute approximate surface area is 182 Å². The molecular weight excluding hydrogens is 417 g/mol. The van der Waals surface area contributed by atoms with E-state index in [0.717, 1.165) is 22.8 Å². The summed E-state index contributed by atoms with van der Waals surface area (Å²) >= 11 is 6.34. The van der Waals surface area contributed by atoms with Gasteiger partial charge < -0.3 is 4.42 Å². The topological polar surface area (TPSA) is 50.5 Å². The highest BCUT2D eigenvalue weighted by Gasteiger charge is 2.43. The van der Waals surface area contributed by atoms with Crippen molar-refractivity contribution in [2.45, 2.75) is 19.9 Å². The molecule has 4 aromatic rings. The molecule has 6 heteroatoms. The van der Waals surface area contributed by atoms with Crippen LogP contribution in [0.4, 0.5) is 10.1 Å². The van der Waals surface area contributed by atoms with Gasteiger partial charge in [-0.2, -0.15) is 0 Å². The standard InChI is InChI=1S/C25H17ClFNO3/c1-13-3-6-15(7-4-13)22-21-23(29)18-11-16(27)8-10-20(18)31-24(21)25(30)28(22)17-9-5-14(2)19(26)12-17/h3-12,22H,1-2H3. The van der Waals surface area contributed by atoms with Crippen LogP contribution in [0.3, 0.4) is 0 Å². The summed E-state index contributed by atoms with van der Waals surface area (Å²) in [6.07, 6.45) is 0. The van der Waals surface area contributed by atoms with Gasteiger partial charge in [0, 0.05) is 10.7 Å². The minimum atomic E-state index is -0.717. The molecule has 1 aromatic heterocycles. The number of fused-ring (bicyclic) bond motifs is 2. The average Bonchev–Trinajstić information content (AvgIpc) is 3.04. The lowest BCUT2D eigenvalue weighted by atomic mass is 9.97. The Morgan fingerprint density at radius 3 is 2.42 bits per heavy atom. The second-order valence-electron chi connectivity index (χ2n) is 7.74. The SMILES string of the molecule is Cc1ccc(C2c3c(oc4ccc(F)cc4c3=O)C(=O)N2c2ccc(C)c(Cl)c2)cc1. The van der Waals surface area contributed by atoms with Crippen molar-refractivity contribution in [3.05, 3.63) is 110 Å². The van der Waals surface area contributed by atoms with E-state index in [2.05, 4.69) is 0 Å². The number of hydrogen-bond donors (Lipinski definition) is 0.